The van der Waals surface area contributed by atoms with Gasteiger partial charge in [-0.05, 0) is 42.5 Å². The van der Waals surface area contributed by atoms with E-state index in [-0.39, 0.29) is 12.0 Å². The highest BCUT2D eigenvalue weighted by atomic mass is 19.2. The number of hydrogen-bond acceptors (Lipinski definition) is 3. The van der Waals surface area contributed by atoms with Gasteiger partial charge in [-0.1, -0.05) is 18.2 Å². The lowest BCUT2D eigenvalue weighted by molar-refractivity contribution is 0.417. The van der Waals surface area contributed by atoms with E-state index in [1.165, 1.54) is 11.6 Å². The number of nitrogens with one attached hydrogen (secondary N) is 1. The molecule has 0 aliphatic heterocycles. The monoisotopic (exact) mass is 289 g/mol. The van der Waals surface area contributed by atoms with Gasteiger partial charge >= 0.3 is 0 Å². The number of nitrogens with two attached hydrogens (primary N) is 1. The lowest BCUT2D eigenvalue weighted by Gasteiger charge is -2.23. The van der Waals surface area contributed by atoms with Crippen molar-refractivity contribution in [3.8, 4) is 0 Å². The van der Waals surface area contributed by atoms with Crippen LogP contribution in [0.3, 0.4) is 0 Å². The van der Waals surface area contributed by atoms with Crippen LogP contribution in [0.4, 0.5) is 8.78 Å². The molecule has 110 valence electrons. The molecule has 2 unspecified atom stereocenters. The lowest BCUT2D eigenvalue weighted by atomic mass is 9.91. The summed E-state index contributed by atoms with van der Waals surface area (Å²) in [5, 5.41) is 0. The molecule has 3 N–H and O–H groups in total. The average molecular weight is 289 g/mol. The van der Waals surface area contributed by atoms with Crippen molar-refractivity contribution < 1.29 is 8.78 Å². The van der Waals surface area contributed by atoms with E-state index in [2.05, 4.69) is 16.5 Å². The molecule has 1 aliphatic carbocycles. The molecule has 21 heavy (non-hydrogen) atoms. The number of aromatic nitrogens is 1. The Morgan fingerprint density at radius 3 is 2.95 bits per heavy atom. The summed E-state index contributed by atoms with van der Waals surface area (Å²) in [7, 11) is 0. The van der Waals surface area contributed by atoms with Gasteiger partial charge in [-0.2, -0.15) is 0 Å². The second-order valence-electron chi connectivity index (χ2n) is 5.38. The molecular formula is C16H17F2N3. The van der Waals surface area contributed by atoms with Crippen LogP contribution in [0, 0.1) is 11.6 Å². The number of rotatable bonds is 4. The van der Waals surface area contributed by atoms with Gasteiger partial charge in [0, 0.05) is 23.9 Å². The second-order valence-corrected chi connectivity index (χ2v) is 5.38. The number of nitrogens with zero attached hydrogens (tertiary/aromatic N) is 1. The molecular weight excluding hydrogens is 272 g/mol. The normalized spacial score (nSPS) is 18.5. The third-order valence-corrected chi connectivity index (χ3v) is 4.17. The summed E-state index contributed by atoms with van der Waals surface area (Å²) in [6.45, 7) is 0. The van der Waals surface area contributed by atoms with E-state index < -0.39 is 11.6 Å². The summed E-state index contributed by atoms with van der Waals surface area (Å²) >= 11 is 0. The summed E-state index contributed by atoms with van der Waals surface area (Å²) in [5.41, 5.74) is 5.31. The van der Waals surface area contributed by atoms with E-state index in [1.54, 1.807) is 12.3 Å². The molecule has 0 radical (unpaired) electrons. The number of pyridine rings is 1. The highest BCUT2D eigenvalue weighted by Gasteiger charge is 2.31. The molecule has 0 amide bonds. The third kappa shape index (κ3) is 2.66. The summed E-state index contributed by atoms with van der Waals surface area (Å²) in [6.07, 6.45) is 3.95. The van der Waals surface area contributed by atoms with Crippen LogP contribution in [0.15, 0.2) is 36.5 Å². The maximum Gasteiger partial charge on any atom is 0.162 e. The van der Waals surface area contributed by atoms with Crippen LogP contribution in [-0.4, -0.2) is 11.0 Å². The van der Waals surface area contributed by atoms with Gasteiger partial charge in [0.1, 0.15) is 0 Å². The van der Waals surface area contributed by atoms with E-state index in [1.807, 2.05) is 6.07 Å². The van der Waals surface area contributed by atoms with E-state index >= 15 is 0 Å². The first-order valence-electron chi connectivity index (χ1n) is 7.03. The zero-order valence-corrected chi connectivity index (χ0v) is 11.5. The van der Waals surface area contributed by atoms with Crippen molar-refractivity contribution in [2.45, 2.75) is 31.2 Å². The average Bonchev–Trinajstić information content (AvgIpc) is 2.93. The zero-order chi connectivity index (χ0) is 14.8. The minimum atomic E-state index is -0.826. The molecule has 1 heterocycles. The van der Waals surface area contributed by atoms with Gasteiger partial charge in [0.2, 0.25) is 0 Å². The molecule has 2 aromatic rings. The first kappa shape index (κ1) is 14.1. The standard InChI is InChI=1S/C16H17F2N3/c17-13-5-1-3-11(15(13)18)9-14(21-19)12-7-6-10-4-2-8-20-16(10)12/h1-5,8,12,14,21H,6-7,9,19H2. The number of hydrogen-bond donors (Lipinski definition) is 2. The largest absolute Gasteiger partial charge is 0.271 e. The second kappa shape index (κ2) is 5.87. The molecule has 0 spiro atoms. The molecule has 3 rings (SSSR count). The van der Waals surface area contributed by atoms with Gasteiger partial charge in [0.25, 0.3) is 0 Å². The predicted molar refractivity (Wildman–Crippen MR) is 76.5 cm³/mol. The highest BCUT2D eigenvalue weighted by molar-refractivity contribution is 5.31. The maximum absolute atomic E-state index is 13.8. The zero-order valence-electron chi connectivity index (χ0n) is 11.5. The van der Waals surface area contributed by atoms with Crippen molar-refractivity contribution in [3.63, 3.8) is 0 Å². The van der Waals surface area contributed by atoms with E-state index in [0.717, 1.165) is 24.6 Å². The van der Waals surface area contributed by atoms with E-state index in [9.17, 15) is 8.78 Å². The smallest absolute Gasteiger partial charge is 0.162 e. The Labute approximate surface area is 122 Å². The number of fused-ring (bicyclic) bond motifs is 1. The Hall–Kier alpha value is -1.85. The van der Waals surface area contributed by atoms with Crippen LogP contribution >= 0.6 is 0 Å². The van der Waals surface area contributed by atoms with E-state index in [0.29, 0.717) is 12.0 Å². The summed E-state index contributed by atoms with van der Waals surface area (Å²) in [4.78, 5) is 4.43. The van der Waals surface area contributed by atoms with Crippen molar-refractivity contribution in [1.29, 1.82) is 0 Å². The first-order chi connectivity index (χ1) is 10.2. The molecule has 5 heteroatoms. The van der Waals surface area contributed by atoms with Crippen LogP contribution in [0.5, 0.6) is 0 Å². The fourth-order valence-electron chi connectivity index (χ4n) is 3.10. The van der Waals surface area contributed by atoms with Crippen molar-refractivity contribution in [1.82, 2.24) is 10.4 Å². The van der Waals surface area contributed by atoms with Crippen molar-refractivity contribution in [2.24, 2.45) is 5.84 Å². The van der Waals surface area contributed by atoms with Crippen LogP contribution < -0.4 is 11.3 Å². The van der Waals surface area contributed by atoms with Crippen LogP contribution in [0.2, 0.25) is 0 Å². The molecule has 1 aromatic heterocycles. The van der Waals surface area contributed by atoms with Crippen molar-refractivity contribution in [3.05, 3.63) is 65.0 Å². The van der Waals surface area contributed by atoms with Crippen LogP contribution in [0.1, 0.15) is 29.2 Å². The first-order valence-corrected chi connectivity index (χ1v) is 7.03. The molecule has 0 saturated carbocycles. The Balaban J connectivity index is 1.85. The van der Waals surface area contributed by atoms with Gasteiger partial charge in [-0.3, -0.25) is 16.3 Å². The fourth-order valence-corrected chi connectivity index (χ4v) is 3.10. The van der Waals surface area contributed by atoms with Crippen LogP contribution in [0.25, 0.3) is 0 Å². The summed E-state index contributed by atoms with van der Waals surface area (Å²) < 4.78 is 27.1. The molecule has 0 fully saturated rings. The minimum absolute atomic E-state index is 0.119. The lowest BCUT2D eigenvalue weighted by Crippen LogP contribution is -2.41. The Bertz CT molecular complexity index is 645. The van der Waals surface area contributed by atoms with Crippen molar-refractivity contribution >= 4 is 0 Å². The molecule has 1 aromatic carbocycles. The maximum atomic E-state index is 13.8. The quantitative estimate of drug-likeness (QED) is 0.671. The Morgan fingerprint density at radius 2 is 2.14 bits per heavy atom. The SMILES string of the molecule is NNC(Cc1cccc(F)c1F)C1CCc2cccnc21. The molecule has 3 nitrogen and oxygen atoms in total. The Kier molecular flexibility index (Phi) is 3.94. The predicted octanol–water partition coefficient (Wildman–Crippen LogP) is 2.46. The topological polar surface area (TPSA) is 50.9 Å². The number of hydrazine groups is 1. The van der Waals surface area contributed by atoms with E-state index in [4.69, 9.17) is 5.84 Å². The third-order valence-electron chi connectivity index (χ3n) is 4.17. The highest BCUT2D eigenvalue weighted by Crippen LogP contribution is 2.34. The number of benzene rings is 1. The number of halogens is 2. The van der Waals surface area contributed by atoms with Gasteiger partial charge < -0.3 is 0 Å². The van der Waals surface area contributed by atoms with Crippen LogP contribution in [-0.2, 0) is 12.8 Å². The van der Waals surface area contributed by atoms with Gasteiger partial charge in [-0.15, -0.1) is 0 Å². The number of aryl methyl sites for hydroxylation is 1. The van der Waals surface area contributed by atoms with Gasteiger partial charge in [0.15, 0.2) is 11.6 Å². The molecule has 1 aliphatic rings. The minimum Gasteiger partial charge on any atom is -0.271 e. The van der Waals surface area contributed by atoms with Gasteiger partial charge in [-0.25, -0.2) is 8.78 Å². The fraction of sp³-hybridized carbons (Fsp3) is 0.312. The van der Waals surface area contributed by atoms with Crippen molar-refractivity contribution in [2.75, 3.05) is 0 Å². The molecule has 2 atom stereocenters. The summed E-state index contributed by atoms with van der Waals surface area (Å²) in [5.74, 6) is 4.15. The molecule has 0 saturated heterocycles. The molecule has 0 bridgehead atoms. The van der Waals surface area contributed by atoms with Gasteiger partial charge in [0.05, 0.1) is 0 Å². The summed E-state index contributed by atoms with van der Waals surface area (Å²) in [6, 6.07) is 8.03. The Morgan fingerprint density at radius 1 is 1.29 bits per heavy atom.